The molecule has 0 aliphatic heterocycles. The third-order valence-electron chi connectivity index (χ3n) is 2.66. The standard InChI is InChI=1S/C13H9FN4S/c14-9-5-1-2-7-11(9)18-12(16-17-13(18)19)10-6-3-4-8-15-10/h1-8H,(H,17,19). The Labute approximate surface area is 113 Å². The highest BCUT2D eigenvalue weighted by molar-refractivity contribution is 7.71. The molecule has 0 bridgehead atoms. The van der Waals surface area contributed by atoms with E-state index < -0.39 is 0 Å². The lowest BCUT2D eigenvalue weighted by atomic mass is 10.3. The largest absolute Gasteiger partial charge is 0.264 e. The van der Waals surface area contributed by atoms with Crippen LogP contribution >= 0.6 is 12.2 Å². The second kappa shape index (κ2) is 4.74. The third-order valence-corrected chi connectivity index (χ3v) is 2.93. The summed E-state index contributed by atoms with van der Waals surface area (Å²) in [5.74, 6) is 0.118. The molecule has 1 aromatic carbocycles. The predicted octanol–water partition coefficient (Wildman–Crippen LogP) is 3.13. The number of hydrogen-bond acceptors (Lipinski definition) is 3. The highest BCUT2D eigenvalue weighted by atomic mass is 32.1. The first-order valence-electron chi connectivity index (χ1n) is 5.61. The van der Waals surface area contributed by atoms with E-state index in [9.17, 15) is 4.39 Å². The van der Waals surface area contributed by atoms with E-state index in [0.29, 0.717) is 22.0 Å². The second-order valence-corrected chi connectivity index (χ2v) is 4.24. The van der Waals surface area contributed by atoms with Crippen LogP contribution < -0.4 is 0 Å². The molecule has 3 rings (SSSR count). The number of hydrogen-bond donors (Lipinski definition) is 1. The van der Waals surface area contributed by atoms with Gasteiger partial charge in [0.2, 0.25) is 0 Å². The number of para-hydroxylation sites is 1. The van der Waals surface area contributed by atoms with Crippen LogP contribution in [0.15, 0.2) is 48.7 Å². The van der Waals surface area contributed by atoms with Crippen LogP contribution in [0.2, 0.25) is 0 Å². The molecular weight excluding hydrogens is 263 g/mol. The molecule has 0 amide bonds. The predicted molar refractivity (Wildman–Crippen MR) is 71.9 cm³/mol. The molecule has 0 aliphatic rings. The number of nitrogens with one attached hydrogen (secondary N) is 1. The number of benzene rings is 1. The van der Waals surface area contributed by atoms with Gasteiger partial charge in [0, 0.05) is 6.20 Å². The van der Waals surface area contributed by atoms with E-state index in [1.54, 1.807) is 36.5 Å². The van der Waals surface area contributed by atoms with Crippen molar-refractivity contribution in [1.82, 2.24) is 19.7 Å². The van der Waals surface area contributed by atoms with Crippen molar-refractivity contribution >= 4 is 12.2 Å². The fourth-order valence-electron chi connectivity index (χ4n) is 1.82. The van der Waals surface area contributed by atoms with Crippen molar-refractivity contribution in [2.75, 3.05) is 0 Å². The van der Waals surface area contributed by atoms with Gasteiger partial charge in [0.1, 0.15) is 11.5 Å². The summed E-state index contributed by atoms with van der Waals surface area (Å²) < 4.78 is 15.8. The van der Waals surface area contributed by atoms with Crippen molar-refractivity contribution in [2.45, 2.75) is 0 Å². The maximum atomic E-state index is 13.9. The van der Waals surface area contributed by atoms with E-state index in [-0.39, 0.29) is 5.82 Å². The molecule has 0 atom stereocenters. The summed E-state index contributed by atoms with van der Waals surface area (Å²) in [6.07, 6.45) is 1.65. The van der Waals surface area contributed by atoms with Crippen molar-refractivity contribution in [1.29, 1.82) is 0 Å². The van der Waals surface area contributed by atoms with Crippen LogP contribution in [0.1, 0.15) is 0 Å². The lowest BCUT2D eigenvalue weighted by Gasteiger charge is -2.06. The summed E-state index contributed by atoms with van der Waals surface area (Å²) in [6.45, 7) is 0. The number of pyridine rings is 1. The van der Waals surface area contributed by atoms with Crippen molar-refractivity contribution in [3.05, 3.63) is 59.2 Å². The Morgan fingerprint density at radius 3 is 2.63 bits per heavy atom. The summed E-state index contributed by atoms with van der Waals surface area (Å²) in [6, 6.07) is 11.8. The monoisotopic (exact) mass is 272 g/mol. The number of aromatic nitrogens is 4. The maximum absolute atomic E-state index is 13.9. The van der Waals surface area contributed by atoms with Gasteiger partial charge in [-0.1, -0.05) is 18.2 Å². The quantitative estimate of drug-likeness (QED) is 0.729. The zero-order valence-corrected chi connectivity index (χ0v) is 10.6. The molecule has 0 fully saturated rings. The molecule has 2 heterocycles. The van der Waals surface area contributed by atoms with E-state index in [4.69, 9.17) is 12.2 Å². The first-order valence-corrected chi connectivity index (χ1v) is 6.02. The topological polar surface area (TPSA) is 46.5 Å². The van der Waals surface area contributed by atoms with Gasteiger partial charge in [0.05, 0.1) is 5.69 Å². The Kier molecular flexibility index (Phi) is 2.92. The first kappa shape index (κ1) is 11.7. The van der Waals surface area contributed by atoms with Crippen LogP contribution in [0.25, 0.3) is 17.2 Å². The van der Waals surface area contributed by atoms with E-state index in [2.05, 4.69) is 15.2 Å². The van der Waals surface area contributed by atoms with E-state index >= 15 is 0 Å². The SMILES string of the molecule is Fc1ccccc1-n1c(-c2ccccn2)n[nH]c1=S. The van der Waals surface area contributed by atoms with Gasteiger partial charge in [0.15, 0.2) is 10.6 Å². The molecule has 3 aromatic rings. The minimum Gasteiger partial charge on any atom is -0.264 e. The molecule has 4 nitrogen and oxygen atoms in total. The Morgan fingerprint density at radius 2 is 1.89 bits per heavy atom. The first-order chi connectivity index (χ1) is 9.27. The molecule has 1 N–H and O–H groups in total. The van der Waals surface area contributed by atoms with Gasteiger partial charge in [-0.25, -0.2) is 4.39 Å². The molecule has 0 saturated carbocycles. The van der Waals surface area contributed by atoms with E-state index in [0.717, 1.165) is 0 Å². The van der Waals surface area contributed by atoms with Gasteiger partial charge in [0.25, 0.3) is 0 Å². The van der Waals surface area contributed by atoms with Crippen molar-refractivity contribution < 1.29 is 4.39 Å². The maximum Gasteiger partial charge on any atom is 0.200 e. The number of nitrogens with zero attached hydrogens (tertiary/aromatic N) is 3. The highest BCUT2D eigenvalue weighted by Crippen LogP contribution is 2.21. The Balaban J connectivity index is 2.26. The fourth-order valence-corrected chi connectivity index (χ4v) is 2.05. The summed E-state index contributed by atoms with van der Waals surface area (Å²) in [4.78, 5) is 4.21. The average Bonchev–Trinajstić information content (AvgIpc) is 2.82. The third kappa shape index (κ3) is 2.06. The number of halogens is 1. The molecule has 19 heavy (non-hydrogen) atoms. The van der Waals surface area contributed by atoms with Crippen molar-refractivity contribution in [3.8, 4) is 17.2 Å². The van der Waals surface area contributed by atoms with Crippen LogP contribution in [0.4, 0.5) is 4.39 Å². The molecular formula is C13H9FN4S. The minimum absolute atomic E-state index is 0.325. The highest BCUT2D eigenvalue weighted by Gasteiger charge is 2.13. The van der Waals surface area contributed by atoms with Gasteiger partial charge in [-0.3, -0.25) is 14.6 Å². The number of rotatable bonds is 2. The lowest BCUT2D eigenvalue weighted by molar-refractivity contribution is 0.618. The van der Waals surface area contributed by atoms with Gasteiger partial charge in [-0.05, 0) is 36.5 Å². The zero-order chi connectivity index (χ0) is 13.2. The molecule has 0 radical (unpaired) electrons. The van der Waals surface area contributed by atoms with Gasteiger partial charge in [-0.15, -0.1) is 0 Å². The summed E-state index contributed by atoms with van der Waals surface area (Å²) in [5.41, 5.74) is 0.972. The van der Waals surface area contributed by atoms with Crippen LogP contribution in [-0.4, -0.2) is 19.7 Å². The normalized spacial score (nSPS) is 10.6. The molecule has 2 aromatic heterocycles. The Morgan fingerprint density at radius 1 is 1.11 bits per heavy atom. The van der Waals surface area contributed by atoms with Crippen LogP contribution in [0, 0.1) is 10.6 Å². The molecule has 0 spiro atoms. The second-order valence-electron chi connectivity index (χ2n) is 3.85. The summed E-state index contributed by atoms with van der Waals surface area (Å²) in [7, 11) is 0. The van der Waals surface area contributed by atoms with Crippen LogP contribution in [-0.2, 0) is 0 Å². The van der Waals surface area contributed by atoms with E-state index in [1.165, 1.54) is 10.6 Å². The van der Waals surface area contributed by atoms with Gasteiger partial charge in [-0.2, -0.15) is 5.10 Å². The lowest BCUT2D eigenvalue weighted by Crippen LogP contribution is -2.01. The molecule has 0 aliphatic carbocycles. The smallest absolute Gasteiger partial charge is 0.200 e. The van der Waals surface area contributed by atoms with Crippen molar-refractivity contribution in [3.63, 3.8) is 0 Å². The van der Waals surface area contributed by atoms with Gasteiger partial charge >= 0.3 is 0 Å². The van der Waals surface area contributed by atoms with Crippen LogP contribution in [0.5, 0.6) is 0 Å². The van der Waals surface area contributed by atoms with Crippen molar-refractivity contribution in [2.24, 2.45) is 0 Å². The van der Waals surface area contributed by atoms with Crippen LogP contribution in [0.3, 0.4) is 0 Å². The van der Waals surface area contributed by atoms with Gasteiger partial charge < -0.3 is 0 Å². The number of H-pyrrole nitrogens is 1. The fraction of sp³-hybridized carbons (Fsp3) is 0. The van der Waals surface area contributed by atoms with E-state index in [1.807, 2.05) is 6.07 Å². The number of aromatic amines is 1. The molecule has 0 unspecified atom stereocenters. The zero-order valence-electron chi connectivity index (χ0n) is 9.75. The summed E-state index contributed by atoms with van der Waals surface area (Å²) in [5, 5.41) is 6.79. The Bertz CT molecular complexity index is 764. The summed E-state index contributed by atoms with van der Waals surface area (Å²) >= 11 is 5.16. The average molecular weight is 272 g/mol. The molecule has 6 heteroatoms. The molecule has 0 saturated heterocycles. The molecule has 94 valence electrons. The minimum atomic E-state index is -0.364. The Hall–Kier alpha value is -2.34.